The summed E-state index contributed by atoms with van der Waals surface area (Å²) in [5, 5.41) is 45.8. The Morgan fingerprint density at radius 3 is 1.39 bits per heavy atom. The van der Waals surface area contributed by atoms with Gasteiger partial charge in [-0.15, -0.1) is 0 Å². The van der Waals surface area contributed by atoms with E-state index in [1.165, 1.54) is 6.92 Å². The highest BCUT2D eigenvalue weighted by Gasteiger charge is 2.37. The maximum atomic E-state index is 10.8. The standard InChI is InChI=1S/C12H20N2O9/c1-2-12(23,14(5-10(19)20)6-11(21)22)7-13(3-8(15)16)4-9(17)18/h23H,2-7H2,1H3,(H,15,16)(H,17,18)(H,19,20)(H,21,22). The molecule has 0 aliphatic rings. The average Bonchev–Trinajstić information content (AvgIpc) is 2.34. The lowest BCUT2D eigenvalue weighted by Crippen LogP contribution is -2.59. The van der Waals surface area contributed by atoms with E-state index in [9.17, 15) is 24.3 Å². The molecule has 0 spiro atoms. The van der Waals surface area contributed by atoms with Gasteiger partial charge < -0.3 is 25.5 Å². The monoisotopic (exact) mass is 336 g/mol. The molecule has 0 fully saturated rings. The Morgan fingerprint density at radius 1 is 0.783 bits per heavy atom. The van der Waals surface area contributed by atoms with E-state index in [0.717, 1.165) is 9.80 Å². The Hall–Kier alpha value is -2.24. The topological polar surface area (TPSA) is 176 Å². The smallest absolute Gasteiger partial charge is 0.317 e. The molecular formula is C12H20N2O9. The van der Waals surface area contributed by atoms with Crippen molar-refractivity contribution < 1.29 is 44.7 Å². The van der Waals surface area contributed by atoms with Crippen LogP contribution in [0, 0.1) is 0 Å². The van der Waals surface area contributed by atoms with Crippen LogP contribution in [0.5, 0.6) is 0 Å². The Morgan fingerprint density at radius 2 is 1.13 bits per heavy atom. The highest BCUT2D eigenvalue weighted by Crippen LogP contribution is 2.18. The molecule has 0 radical (unpaired) electrons. The van der Waals surface area contributed by atoms with Gasteiger partial charge in [-0.25, -0.2) is 0 Å². The molecule has 1 unspecified atom stereocenters. The Balaban J connectivity index is 5.37. The Labute approximate surface area is 131 Å². The third-order valence-electron chi connectivity index (χ3n) is 3.00. The van der Waals surface area contributed by atoms with E-state index in [1.807, 2.05) is 0 Å². The summed E-state index contributed by atoms with van der Waals surface area (Å²) in [6, 6.07) is 0. The molecule has 11 nitrogen and oxygen atoms in total. The number of aliphatic hydroxyl groups is 1. The molecule has 0 bridgehead atoms. The zero-order valence-corrected chi connectivity index (χ0v) is 12.5. The molecule has 0 aliphatic heterocycles. The van der Waals surface area contributed by atoms with Crippen molar-refractivity contribution >= 4 is 23.9 Å². The minimum atomic E-state index is -2.01. The normalized spacial score (nSPS) is 13.7. The number of carbonyl (C=O) groups is 4. The zero-order chi connectivity index (χ0) is 18.2. The van der Waals surface area contributed by atoms with Crippen LogP contribution in [0.1, 0.15) is 13.3 Å². The van der Waals surface area contributed by atoms with Crippen LogP contribution in [0.4, 0.5) is 0 Å². The average molecular weight is 336 g/mol. The molecule has 0 saturated carbocycles. The fourth-order valence-electron chi connectivity index (χ4n) is 2.02. The lowest BCUT2D eigenvalue weighted by molar-refractivity contribution is -0.169. The van der Waals surface area contributed by atoms with Gasteiger partial charge in [0.25, 0.3) is 0 Å². The number of hydrogen-bond donors (Lipinski definition) is 5. The van der Waals surface area contributed by atoms with E-state index >= 15 is 0 Å². The van der Waals surface area contributed by atoms with Gasteiger partial charge in [0.1, 0.15) is 5.72 Å². The summed E-state index contributed by atoms with van der Waals surface area (Å²) in [6.45, 7) is -2.11. The van der Waals surface area contributed by atoms with Crippen molar-refractivity contribution in [3.05, 3.63) is 0 Å². The van der Waals surface area contributed by atoms with Gasteiger partial charge in [-0.1, -0.05) is 6.92 Å². The second-order valence-electron chi connectivity index (χ2n) is 4.91. The van der Waals surface area contributed by atoms with Gasteiger partial charge in [-0.3, -0.25) is 29.0 Å². The highest BCUT2D eigenvalue weighted by molar-refractivity contribution is 5.73. The SMILES string of the molecule is CCC(O)(CN(CC(=O)O)CC(=O)O)N(CC(=O)O)CC(=O)O. The minimum Gasteiger partial charge on any atom is -0.480 e. The maximum Gasteiger partial charge on any atom is 0.317 e. The molecule has 0 aliphatic carbocycles. The van der Waals surface area contributed by atoms with E-state index < -0.39 is 62.3 Å². The van der Waals surface area contributed by atoms with Crippen molar-refractivity contribution in [2.24, 2.45) is 0 Å². The van der Waals surface area contributed by atoms with Gasteiger partial charge >= 0.3 is 23.9 Å². The summed E-state index contributed by atoms with van der Waals surface area (Å²) in [6.07, 6.45) is -0.136. The third-order valence-corrected chi connectivity index (χ3v) is 3.00. The Kier molecular flexibility index (Phi) is 8.15. The number of nitrogens with zero attached hydrogens (tertiary/aromatic N) is 2. The third kappa shape index (κ3) is 8.09. The van der Waals surface area contributed by atoms with E-state index in [2.05, 4.69) is 0 Å². The van der Waals surface area contributed by atoms with Crippen LogP contribution >= 0.6 is 0 Å². The van der Waals surface area contributed by atoms with Crippen molar-refractivity contribution in [1.82, 2.24) is 9.80 Å². The maximum absolute atomic E-state index is 10.8. The van der Waals surface area contributed by atoms with E-state index in [0.29, 0.717) is 0 Å². The zero-order valence-electron chi connectivity index (χ0n) is 12.5. The number of rotatable bonds is 12. The molecule has 0 heterocycles. The fraction of sp³-hybridized carbons (Fsp3) is 0.667. The molecule has 0 saturated heterocycles. The van der Waals surface area contributed by atoms with Crippen molar-refractivity contribution in [1.29, 1.82) is 0 Å². The largest absolute Gasteiger partial charge is 0.480 e. The van der Waals surface area contributed by atoms with Gasteiger partial charge in [0.05, 0.1) is 26.2 Å². The summed E-state index contributed by atoms with van der Waals surface area (Å²) in [7, 11) is 0. The summed E-state index contributed by atoms with van der Waals surface area (Å²) < 4.78 is 0. The fourth-order valence-corrected chi connectivity index (χ4v) is 2.02. The van der Waals surface area contributed by atoms with Crippen LogP contribution in [0.25, 0.3) is 0 Å². The second-order valence-corrected chi connectivity index (χ2v) is 4.91. The second kappa shape index (κ2) is 9.02. The van der Waals surface area contributed by atoms with Crippen LogP contribution < -0.4 is 0 Å². The number of hydrogen-bond acceptors (Lipinski definition) is 7. The molecule has 5 N–H and O–H groups in total. The van der Waals surface area contributed by atoms with E-state index in [-0.39, 0.29) is 6.42 Å². The number of aliphatic carboxylic acids is 4. The molecule has 0 rings (SSSR count). The van der Waals surface area contributed by atoms with E-state index in [4.69, 9.17) is 20.4 Å². The molecule has 1 atom stereocenters. The summed E-state index contributed by atoms with van der Waals surface area (Å²) >= 11 is 0. The van der Waals surface area contributed by atoms with Crippen molar-refractivity contribution in [3.63, 3.8) is 0 Å². The van der Waals surface area contributed by atoms with Crippen LogP contribution in [-0.2, 0) is 19.2 Å². The molecule has 23 heavy (non-hydrogen) atoms. The van der Waals surface area contributed by atoms with Crippen LogP contribution in [0.15, 0.2) is 0 Å². The van der Waals surface area contributed by atoms with Crippen LogP contribution in [-0.4, -0.2) is 97.7 Å². The van der Waals surface area contributed by atoms with Gasteiger partial charge in [0.2, 0.25) is 0 Å². The number of carboxylic acids is 4. The first kappa shape index (κ1) is 20.8. The lowest BCUT2D eigenvalue weighted by atomic mass is 10.1. The van der Waals surface area contributed by atoms with Gasteiger partial charge in [0.15, 0.2) is 0 Å². The molecule has 0 aromatic heterocycles. The van der Waals surface area contributed by atoms with Crippen molar-refractivity contribution in [2.75, 3.05) is 32.7 Å². The summed E-state index contributed by atoms with van der Waals surface area (Å²) in [5.74, 6) is -5.46. The summed E-state index contributed by atoms with van der Waals surface area (Å²) in [4.78, 5) is 44.9. The molecule has 0 amide bonds. The minimum absolute atomic E-state index is 0.136. The molecule has 132 valence electrons. The number of carboxylic acid groups (broad SMARTS) is 4. The highest BCUT2D eigenvalue weighted by atomic mass is 16.4. The predicted octanol–water partition coefficient (Wildman–Crippen LogP) is -1.97. The molecule has 0 aromatic carbocycles. The van der Waals surface area contributed by atoms with Crippen molar-refractivity contribution in [2.45, 2.75) is 19.1 Å². The van der Waals surface area contributed by atoms with Gasteiger partial charge in [0, 0.05) is 6.54 Å². The van der Waals surface area contributed by atoms with Crippen LogP contribution in [0.2, 0.25) is 0 Å². The summed E-state index contributed by atoms with van der Waals surface area (Å²) in [5.41, 5.74) is -2.01. The van der Waals surface area contributed by atoms with Gasteiger partial charge in [-0.05, 0) is 6.42 Å². The first-order valence-electron chi connectivity index (χ1n) is 6.57. The molecular weight excluding hydrogens is 316 g/mol. The quantitative estimate of drug-likeness (QED) is 0.250. The van der Waals surface area contributed by atoms with Gasteiger partial charge in [-0.2, -0.15) is 0 Å². The van der Waals surface area contributed by atoms with Crippen LogP contribution in [0.3, 0.4) is 0 Å². The first-order chi connectivity index (χ1) is 10.5. The van der Waals surface area contributed by atoms with Crippen molar-refractivity contribution in [3.8, 4) is 0 Å². The first-order valence-corrected chi connectivity index (χ1v) is 6.57. The molecule has 11 heteroatoms. The van der Waals surface area contributed by atoms with E-state index in [1.54, 1.807) is 0 Å². The molecule has 0 aromatic rings. The Bertz CT molecular complexity index is 435. The predicted molar refractivity (Wildman–Crippen MR) is 73.8 cm³/mol. The lowest BCUT2D eigenvalue weighted by Gasteiger charge is -2.40.